The van der Waals surface area contributed by atoms with E-state index in [0.29, 0.717) is 28.0 Å². The quantitative estimate of drug-likeness (QED) is 0.688. The fourth-order valence-corrected chi connectivity index (χ4v) is 2.55. The number of nitrogens with one attached hydrogen (secondary N) is 1. The Morgan fingerprint density at radius 2 is 1.88 bits per heavy atom. The van der Waals surface area contributed by atoms with Gasteiger partial charge in [-0.15, -0.1) is 0 Å². The standard InChI is InChI=1S/C18H14Cl2N2O2/c19-13-5-3-7-16(17(13)20)24-11-10-21-18(23)15-9-8-12-4-1-2-6-14(12)22-15/h1-9H,10-11H2,(H,21,23). The molecule has 6 heteroatoms. The summed E-state index contributed by atoms with van der Waals surface area (Å²) in [7, 11) is 0. The lowest BCUT2D eigenvalue weighted by molar-refractivity contribution is 0.0942. The average molecular weight is 361 g/mol. The van der Waals surface area contributed by atoms with Crippen LogP contribution in [0.25, 0.3) is 10.9 Å². The number of para-hydroxylation sites is 1. The van der Waals surface area contributed by atoms with E-state index >= 15 is 0 Å². The molecule has 0 aliphatic rings. The van der Waals surface area contributed by atoms with Gasteiger partial charge in [0.2, 0.25) is 0 Å². The fourth-order valence-electron chi connectivity index (χ4n) is 2.20. The number of pyridine rings is 1. The van der Waals surface area contributed by atoms with Crippen molar-refractivity contribution in [3.8, 4) is 5.75 Å². The van der Waals surface area contributed by atoms with Gasteiger partial charge in [-0.25, -0.2) is 4.98 Å². The minimum Gasteiger partial charge on any atom is -0.490 e. The molecule has 122 valence electrons. The average Bonchev–Trinajstić information content (AvgIpc) is 2.61. The summed E-state index contributed by atoms with van der Waals surface area (Å²) in [6.45, 7) is 0.607. The zero-order chi connectivity index (χ0) is 16.9. The van der Waals surface area contributed by atoms with Crippen molar-refractivity contribution in [3.05, 3.63) is 70.3 Å². The monoisotopic (exact) mass is 360 g/mol. The smallest absolute Gasteiger partial charge is 0.270 e. The van der Waals surface area contributed by atoms with Crippen molar-refractivity contribution in [3.63, 3.8) is 0 Å². The molecule has 1 aromatic heterocycles. The molecule has 2 aromatic carbocycles. The molecule has 3 rings (SSSR count). The van der Waals surface area contributed by atoms with Crippen molar-refractivity contribution < 1.29 is 9.53 Å². The van der Waals surface area contributed by atoms with Gasteiger partial charge in [-0.2, -0.15) is 0 Å². The number of ether oxygens (including phenoxy) is 1. The Balaban J connectivity index is 1.56. The van der Waals surface area contributed by atoms with Gasteiger partial charge < -0.3 is 10.1 Å². The third-order valence-corrected chi connectivity index (χ3v) is 4.19. The molecule has 0 saturated heterocycles. The Morgan fingerprint density at radius 1 is 1.04 bits per heavy atom. The van der Waals surface area contributed by atoms with Gasteiger partial charge in [0.05, 0.1) is 17.1 Å². The van der Waals surface area contributed by atoms with Crippen LogP contribution in [0.2, 0.25) is 10.0 Å². The van der Waals surface area contributed by atoms with E-state index in [1.807, 2.05) is 30.3 Å². The van der Waals surface area contributed by atoms with Crippen LogP contribution in [0, 0.1) is 0 Å². The highest BCUT2D eigenvalue weighted by Crippen LogP contribution is 2.31. The molecule has 0 spiro atoms. The second kappa shape index (κ2) is 7.51. The second-order valence-electron chi connectivity index (χ2n) is 5.05. The molecule has 0 saturated carbocycles. The molecule has 1 heterocycles. The molecule has 0 fully saturated rings. The van der Waals surface area contributed by atoms with Crippen molar-refractivity contribution in [2.24, 2.45) is 0 Å². The van der Waals surface area contributed by atoms with Gasteiger partial charge >= 0.3 is 0 Å². The lowest BCUT2D eigenvalue weighted by Crippen LogP contribution is -2.28. The molecule has 0 bridgehead atoms. The van der Waals surface area contributed by atoms with Gasteiger partial charge in [-0.1, -0.05) is 53.5 Å². The second-order valence-corrected chi connectivity index (χ2v) is 5.83. The molecule has 4 nitrogen and oxygen atoms in total. The van der Waals surface area contributed by atoms with Crippen molar-refractivity contribution >= 4 is 40.0 Å². The first-order valence-electron chi connectivity index (χ1n) is 7.36. The Labute approximate surface area is 149 Å². The number of fused-ring (bicyclic) bond motifs is 1. The van der Waals surface area contributed by atoms with Crippen LogP contribution in [0.5, 0.6) is 5.75 Å². The number of carbonyl (C=O) groups excluding carboxylic acids is 1. The molecular formula is C18H14Cl2N2O2. The molecular weight excluding hydrogens is 347 g/mol. The zero-order valence-electron chi connectivity index (χ0n) is 12.6. The van der Waals surface area contributed by atoms with Crippen LogP contribution >= 0.6 is 23.2 Å². The van der Waals surface area contributed by atoms with Crippen LogP contribution in [-0.4, -0.2) is 24.0 Å². The predicted octanol–water partition coefficient (Wildman–Crippen LogP) is 4.35. The van der Waals surface area contributed by atoms with E-state index in [0.717, 1.165) is 10.9 Å². The normalized spacial score (nSPS) is 10.6. The largest absolute Gasteiger partial charge is 0.490 e. The Bertz CT molecular complexity index is 884. The summed E-state index contributed by atoms with van der Waals surface area (Å²) in [6, 6.07) is 16.4. The third-order valence-electron chi connectivity index (χ3n) is 3.39. The van der Waals surface area contributed by atoms with Gasteiger partial charge in [0.25, 0.3) is 5.91 Å². The summed E-state index contributed by atoms with van der Waals surface area (Å²) in [6.07, 6.45) is 0. The maximum Gasteiger partial charge on any atom is 0.270 e. The number of halogens is 2. The number of amides is 1. The summed E-state index contributed by atoms with van der Waals surface area (Å²) in [5.74, 6) is 0.240. The van der Waals surface area contributed by atoms with Gasteiger partial charge in [0.15, 0.2) is 0 Å². The van der Waals surface area contributed by atoms with E-state index < -0.39 is 0 Å². The molecule has 3 aromatic rings. The highest BCUT2D eigenvalue weighted by molar-refractivity contribution is 6.42. The van der Waals surface area contributed by atoms with E-state index in [4.69, 9.17) is 27.9 Å². The number of aromatic nitrogens is 1. The zero-order valence-corrected chi connectivity index (χ0v) is 14.1. The first-order chi connectivity index (χ1) is 11.6. The first kappa shape index (κ1) is 16.6. The van der Waals surface area contributed by atoms with E-state index in [-0.39, 0.29) is 12.5 Å². The van der Waals surface area contributed by atoms with Crippen LogP contribution in [-0.2, 0) is 0 Å². The summed E-state index contributed by atoms with van der Waals surface area (Å²) < 4.78 is 5.52. The van der Waals surface area contributed by atoms with Gasteiger partial charge in [0, 0.05) is 5.39 Å². The van der Waals surface area contributed by atoms with Crippen molar-refractivity contribution in [1.82, 2.24) is 10.3 Å². The number of hydrogen-bond acceptors (Lipinski definition) is 3. The van der Waals surface area contributed by atoms with Crippen LogP contribution in [0.1, 0.15) is 10.5 Å². The molecule has 0 aliphatic heterocycles. The van der Waals surface area contributed by atoms with Gasteiger partial charge in [-0.3, -0.25) is 4.79 Å². The molecule has 0 radical (unpaired) electrons. The summed E-state index contributed by atoms with van der Waals surface area (Å²) >= 11 is 11.9. The lowest BCUT2D eigenvalue weighted by atomic mass is 10.2. The maximum absolute atomic E-state index is 12.1. The van der Waals surface area contributed by atoms with E-state index in [9.17, 15) is 4.79 Å². The van der Waals surface area contributed by atoms with Crippen molar-refractivity contribution in [2.45, 2.75) is 0 Å². The number of benzene rings is 2. The number of rotatable bonds is 5. The van der Waals surface area contributed by atoms with Crippen molar-refractivity contribution in [1.29, 1.82) is 0 Å². The Morgan fingerprint density at radius 3 is 2.75 bits per heavy atom. The third kappa shape index (κ3) is 3.78. The van der Waals surface area contributed by atoms with Crippen LogP contribution in [0.4, 0.5) is 0 Å². The van der Waals surface area contributed by atoms with Crippen LogP contribution in [0.15, 0.2) is 54.6 Å². The molecule has 24 heavy (non-hydrogen) atoms. The summed E-state index contributed by atoms with van der Waals surface area (Å²) in [5, 5.41) is 4.55. The predicted molar refractivity (Wildman–Crippen MR) is 96.0 cm³/mol. The minimum atomic E-state index is -0.249. The number of nitrogens with zero attached hydrogens (tertiary/aromatic N) is 1. The number of carbonyl (C=O) groups is 1. The van der Waals surface area contributed by atoms with E-state index in [1.54, 1.807) is 24.3 Å². The van der Waals surface area contributed by atoms with Crippen molar-refractivity contribution in [2.75, 3.05) is 13.2 Å². The summed E-state index contributed by atoms with van der Waals surface area (Å²) in [4.78, 5) is 16.5. The Hall–Kier alpha value is -2.30. The topological polar surface area (TPSA) is 51.2 Å². The molecule has 1 N–H and O–H groups in total. The molecule has 1 amide bonds. The lowest BCUT2D eigenvalue weighted by Gasteiger charge is -2.09. The van der Waals surface area contributed by atoms with Gasteiger partial charge in [-0.05, 0) is 24.3 Å². The van der Waals surface area contributed by atoms with Gasteiger partial charge in [0.1, 0.15) is 23.1 Å². The highest BCUT2D eigenvalue weighted by atomic mass is 35.5. The number of hydrogen-bond donors (Lipinski definition) is 1. The molecule has 0 aliphatic carbocycles. The molecule has 0 atom stereocenters. The maximum atomic E-state index is 12.1. The van der Waals surface area contributed by atoms with Crippen LogP contribution in [0.3, 0.4) is 0 Å². The SMILES string of the molecule is O=C(NCCOc1cccc(Cl)c1Cl)c1ccc2ccccc2n1. The minimum absolute atomic E-state index is 0.249. The van der Waals surface area contributed by atoms with E-state index in [2.05, 4.69) is 10.3 Å². The highest BCUT2D eigenvalue weighted by Gasteiger charge is 2.08. The molecule has 0 unspecified atom stereocenters. The fraction of sp³-hybridized carbons (Fsp3) is 0.111. The Kier molecular flexibility index (Phi) is 5.18. The summed E-state index contributed by atoms with van der Waals surface area (Å²) in [5.41, 5.74) is 1.15. The van der Waals surface area contributed by atoms with E-state index in [1.165, 1.54) is 0 Å². The first-order valence-corrected chi connectivity index (χ1v) is 8.11. The van der Waals surface area contributed by atoms with Crippen LogP contribution < -0.4 is 10.1 Å².